The molecule has 0 N–H and O–H groups in total. The van der Waals surface area contributed by atoms with Gasteiger partial charge in [0.25, 0.3) is 0 Å². The lowest BCUT2D eigenvalue weighted by molar-refractivity contribution is 2.07. The van der Waals surface area contributed by atoms with Crippen molar-refractivity contribution in [3.8, 4) is 0 Å². The largest absolute Gasteiger partial charge is 0.145 e. The lowest BCUT2D eigenvalue weighted by Crippen LogP contribution is -1.75. The first kappa shape index (κ1) is 4.49. The molecule has 1 atom stereocenters. The van der Waals surface area contributed by atoms with E-state index < -0.39 is 0 Å². The molecule has 0 heterocycles. The van der Waals surface area contributed by atoms with Crippen molar-refractivity contribution in [2.75, 3.05) is 6.06 Å². The zero-order valence-electron chi connectivity index (χ0n) is 2.99. The van der Waals surface area contributed by atoms with Crippen molar-refractivity contribution < 1.29 is 0 Å². The van der Waals surface area contributed by atoms with E-state index in [1.807, 2.05) is 0 Å². The summed E-state index contributed by atoms with van der Waals surface area (Å²) in [7, 11) is 3.94. The molecular formula is C2H8BP. The van der Waals surface area contributed by atoms with Gasteiger partial charge in [-0.25, -0.2) is 0 Å². The van der Waals surface area contributed by atoms with Gasteiger partial charge in [-0.3, -0.25) is 0 Å². The van der Waals surface area contributed by atoms with Gasteiger partial charge in [0.05, 0.1) is 0 Å². The van der Waals surface area contributed by atoms with Crippen LogP contribution >= 0.6 is 9.24 Å². The van der Waals surface area contributed by atoms with Gasteiger partial charge in [-0.2, -0.15) is 0 Å². The van der Waals surface area contributed by atoms with E-state index >= 15 is 0 Å². The van der Waals surface area contributed by atoms with Crippen molar-refractivity contribution in [1.82, 2.24) is 0 Å². The molecule has 0 aromatic heterocycles. The van der Waals surface area contributed by atoms with Crippen LogP contribution in [0.2, 0.25) is 6.82 Å². The Bertz CT molecular complexity index is 8.00. The molecule has 0 saturated carbocycles. The molecule has 0 bridgehead atoms. The summed E-state index contributed by atoms with van der Waals surface area (Å²) in [5.74, 6) is 0. The molecule has 0 aromatic rings. The molecule has 0 aliphatic carbocycles. The Labute approximate surface area is 30.4 Å². The fraction of sp³-hybridized carbons (Fsp3) is 1.00. The second-order valence-corrected chi connectivity index (χ2v) is 1.37. The zero-order valence-corrected chi connectivity index (χ0v) is 4.15. The van der Waals surface area contributed by atoms with Crippen molar-refractivity contribution in [1.29, 1.82) is 0 Å². The maximum atomic E-state index is 2.66. The Balaban J connectivity index is 1.97. The second kappa shape index (κ2) is 3.49. The summed E-state index contributed by atoms with van der Waals surface area (Å²) in [6, 6.07) is 1.24. The highest BCUT2D eigenvalue weighted by Crippen LogP contribution is 1.70. The monoisotopic (exact) mass is 74.0 g/mol. The summed E-state index contributed by atoms with van der Waals surface area (Å²) in [6.45, 7) is 2.16. The zero-order chi connectivity index (χ0) is 3.41. The molecular weight excluding hydrogens is 65.8 g/mol. The van der Waals surface area contributed by atoms with Crippen molar-refractivity contribution in [2.24, 2.45) is 0 Å². The van der Waals surface area contributed by atoms with Gasteiger partial charge in [-0.05, 0) is 0 Å². The molecule has 0 saturated heterocycles. The van der Waals surface area contributed by atoms with E-state index in [2.05, 4.69) is 16.1 Å². The van der Waals surface area contributed by atoms with Crippen LogP contribution in [0.4, 0.5) is 0 Å². The molecule has 0 nitrogen and oxygen atoms in total. The third-order valence-corrected chi connectivity index (χ3v) is 0.866. The van der Waals surface area contributed by atoms with Crippen LogP contribution < -0.4 is 0 Å². The molecule has 0 fully saturated rings. The fourth-order valence-electron chi connectivity index (χ4n) is 0. The molecule has 2 heteroatoms. The van der Waals surface area contributed by atoms with Crippen LogP contribution in [0.15, 0.2) is 0 Å². The summed E-state index contributed by atoms with van der Waals surface area (Å²) in [5.41, 5.74) is 0. The smallest absolute Gasteiger partial charge is 0.121 e. The van der Waals surface area contributed by atoms with Crippen molar-refractivity contribution in [3.63, 3.8) is 0 Å². The molecule has 24 valence electrons. The molecule has 0 spiro atoms. The minimum absolute atomic E-state index is 1.24. The van der Waals surface area contributed by atoms with Crippen LogP contribution in [0.5, 0.6) is 0 Å². The molecule has 0 radical (unpaired) electrons. The van der Waals surface area contributed by atoms with Crippen molar-refractivity contribution >= 4 is 16.5 Å². The molecule has 1 unspecified atom stereocenters. The quantitative estimate of drug-likeness (QED) is 0.310. The van der Waals surface area contributed by atoms with E-state index in [0.717, 1.165) is 0 Å². The Morgan fingerprint density at radius 1 is 2.00 bits per heavy atom. The van der Waals surface area contributed by atoms with Gasteiger partial charge in [-0.1, -0.05) is 12.9 Å². The van der Waals surface area contributed by atoms with Gasteiger partial charge < -0.3 is 0 Å². The highest BCUT2D eigenvalue weighted by Gasteiger charge is 1.61. The van der Waals surface area contributed by atoms with Crippen LogP contribution in [-0.2, 0) is 0 Å². The van der Waals surface area contributed by atoms with Crippen molar-refractivity contribution in [3.05, 3.63) is 0 Å². The normalized spacial score (nSPS) is 6.50. The topological polar surface area (TPSA) is 0 Å². The van der Waals surface area contributed by atoms with Crippen LogP contribution in [0.1, 0.15) is 0 Å². The van der Waals surface area contributed by atoms with Gasteiger partial charge in [0.1, 0.15) is 7.28 Å². The Morgan fingerprint density at radius 2 is 2.25 bits per heavy atom. The summed E-state index contributed by atoms with van der Waals surface area (Å²) in [6.07, 6.45) is 0. The van der Waals surface area contributed by atoms with E-state index in [-0.39, 0.29) is 0 Å². The predicted molar refractivity (Wildman–Crippen MR) is 27.6 cm³/mol. The molecule has 0 rings (SSSR count). The van der Waals surface area contributed by atoms with Gasteiger partial charge in [-0.15, -0.1) is 9.24 Å². The fourth-order valence-corrected chi connectivity index (χ4v) is 0. The summed E-state index contributed by atoms with van der Waals surface area (Å²) >= 11 is 0. The van der Waals surface area contributed by atoms with Crippen LogP contribution in [0.25, 0.3) is 0 Å². The van der Waals surface area contributed by atoms with Crippen LogP contribution in [-0.4, -0.2) is 13.3 Å². The number of hydrogen-bond acceptors (Lipinski definition) is 0. The highest BCUT2D eigenvalue weighted by molar-refractivity contribution is 7.20. The second-order valence-electron chi connectivity index (χ2n) is 0.789. The van der Waals surface area contributed by atoms with E-state index in [4.69, 9.17) is 0 Å². The summed E-state index contributed by atoms with van der Waals surface area (Å²) < 4.78 is 0. The Hall–Kier alpha value is 0.495. The van der Waals surface area contributed by atoms with E-state index in [9.17, 15) is 0 Å². The standard InChI is InChI=1S/C2H8BP/c1-3-2-4/h3H,2,4H2,1H3. The van der Waals surface area contributed by atoms with E-state index in [0.29, 0.717) is 0 Å². The minimum atomic E-state index is 1.24. The van der Waals surface area contributed by atoms with Crippen LogP contribution in [0, 0.1) is 0 Å². The van der Waals surface area contributed by atoms with Gasteiger partial charge in [0, 0.05) is 0 Å². The van der Waals surface area contributed by atoms with Gasteiger partial charge in [0.15, 0.2) is 0 Å². The third-order valence-electron chi connectivity index (χ3n) is 0.289. The lowest BCUT2D eigenvalue weighted by Gasteiger charge is -1.63. The maximum Gasteiger partial charge on any atom is 0.121 e. The number of hydrogen-bond donors (Lipinski definition) is 0. The first-order valence-electron chi connectivity index (χ1n) is 1.62. The van der Waals surface area contributed by atoms with E-state index in [1.54, 1.807) is 0 Å². The minimum Gasteiger partial charge on any atom is -0.145 e. The average molecular weight is 73.9 g/mol. The molecule has 0 aliphatic rings. The predicted octanol–water partition coefficient (Wildman–Crippen LogP) is 0.304. The van der Waals surface area contributed by atoms with Crippen LogP contribution in [0.3, 0.4) is 0 Å². The van der Waals surface area contributed by atoms with Gasteiger partial charge >= 0.3 is 0 Å². The first-order valence-corrected chi connectivity index (χ1v) is 2.43. The number of rotatable bonds is 1. The third kappa shape index (κ3) is 2.49. The van der Waals surface area contributed by atoms with E-state index in [1.165, 1.54) is 13.3 Å². The molecule has 0 aliphatic heterocycles. The van der Waals surface area contributed by atoms with Crippen molar-refractivity contribution in [2.45, 2.75) is 6.82 Å². The summed E-state index contributed by atoms with van der Waals surface area (Å²) in [5, 5.41) is 0. The molecule has 4 heavy (non-hydrogen) atoms. The Kier molecular flexibility index (Phi) is 3.93. The SMILES string of the molecule is CBCP. The first-order chi connectivity index (χ1) is 1.91. The molecule has 0 amide bonds. The maximum absolute atomic E-state index is 2.66. The Morgan fingerprint density at radius 3 is 2.25 bits per heavy atom. The average Bonchev–Trinajstić information content (AvgIpc) is 1.37. The lowest BCUT2D eigenvalue weighted by atomic mass is 9.87. The van der Waals surface area contributed by atoms with Gasteiger partial charge in [0.2, 0.25) is 0 Å². The highest BCUT2D eigenvalue weighted by atomic mass is 31.0. The molecule has 0 aromatic carbocycles. The summed E-state index contributed by atoms with van der Waals surface area (Å²) in [4.78, 5) is 0.